The number of amides is 1. The van der Waals surface area contributed by atoms with Crippen molar-refractivity contribution in [1.29, 1.82) is 0 Å². The summed E-state index contributed by atoms with van der Waals surface area (Å²) in [6, 6.07) is 0. The summed E-state index contributed by atoms with van der Waals surface area (Å²) in [5, 5.41) is 3.40. The van der Waals surface area contributed by atoms with Crippen LogP contribution in [0.4, 0.5) is 0 Å². The molecule has 3 heteroatoms. The summed E-state index contributed by atoms with van der Waals surface area (Å²) >= 11 is 0. The van der Waals surface area contributed by atoms with Crippen molar-refractivity contribution in [3.8, 4) is 0 Å². The van der Waals surface area contributed by atoms with Gasteiger partial charge in [-0.1, -0.05) is 19.4 Å². The van der Waals surface area contributed by atoms with E-state index in [0.29, 0.717) is 5.91 Å². The number of nitrogens with zero attached hydrogens (tertiary/aromatic N) is 1. The molecule has 0 radical (unpaired) electrons. The highest BCUT2D eigenvalue weighted by Crippen LogP contribution is 2.33. The summed E-state index contributed by atoms with van der Waals surface area (Å²) in [5.41, 5.74) is -0.143. The minimum absolute atomic E-state index is 0.143. The number of unbranched alkanes of at least 4 members (excludes halogenated alkanes) is 1. The molecule has 1 aliphatic rings. The molecular formula is C15H28N2O. The first-order chi connectivity index (χ1) is 8.66. The van der Waals surface area contributed by atoms with Crippen molar-refractivity contribution in [3.63, 3.8) is 0 Å². The third kappa shape index (κ3) is 3.84. The van der Waals surface area contributed by atoms with E-state index in [9.17, 15) is 4.79 Å². The minimum atomic E-state index is -0.143. The van der Waals surface area contributed by atoms with E-state index < -0.39 is 0 Å². The molecule has 1 unspecified atom stereocenters. The van der Waals surface area contributed by atoms with Gasteiger partial charge in [-0.25, -0.2) is 0 Å². The first kappa shape index (κ1) is 15.2. The highest BCUT2D eigenvalue weighted by atomic mass is 16.2. The lowest BCUT2D eigenvalue weighted by molar-refractivity contribution is -0.142. The zero-order chi connectivity index (χ0) is 13.4. The Labute approximate surface area is 112 Å². The number of piperidine rings is 1. The summed E-state index contributed by atoms with van der Waals surface area (Å²) < 4.78 is 0. The molecule has 0 aromatic rings. The standard InChI is InChI=1S/C15H28N2O/c1-4-6-7-12-17(3)14(18)15(9-5-2)10-8-11-16-13-15/h4,16H,1,5-13H2,2-3H3. The highest BCUT2D eigenvalue weighted by molar-refractivity contribution is 5.83. The number of carbonyl (C=O) groups excluding carboxylic acids is 1. The molecule has 1 N–H and O–H groups in total. The lowest BCUT2D eigenvalue weighted by atomic mass is 9.75. The zero-order valence-electron chi connectivity index (χ0n) is 12.0. The number of hydrogen-bond acceptors (Lipinski definition) is 2. The second kappa shape index (κ2) is 7.57. The predicted octanol–water partition coefficient (Wildman–Crippen LogP) is 2.58. The van der Waals surface area contributed by atoms with Crippen molar-refractivity contribution < 1.29 is 4.79 Å². The molecule has 0 saturated carbocycles. The van der Waals surface area contributed by atoms with E-state index in [2.05, 4.69) is 18.8 Å². The van der Waals surface area contributed by atoms with Crippen LogP contribution in [0.2, 0.25) is 0 Å². The van der Waals surface area contributed by atoms with Crippen LogP contribution >= 0.6 is 0 Å². The van der Waals surface area contributed by atoms with Crippen LogP contribution < -0.4 is 5.32 Å². The van der Waals surface area contributed by atoms with E-state index in [0.717, 1.165) is 58.2 Å². The summed E-state index contributed by atoms with van der Waals surface area (Å²) in [6.45, 7) is 8.64. The Balaban J connectivity index is 2.60. The first-order valence-electron chi connectivity index (χ1n) is 7.23. The lowest BCUT2D eigenvalue weighted by Crippen LogP contribution is -2.51. The van der Waals surface area contributed by atoms with Gasteiger partial charge in [0, 0.05) is 20.1 Å². The third-order valence-electron chi connectivity index (χ3n) is 3.90. The molecule has 104 valence electrons. The van der Waals surface area contributed by atoms with E-state index in [1.165, 1.54) is 0 Å². The van der Waals surface area contributed by atoms with Gasteiger partial charge in [-0.15, -0.1) is 6.58 Å². The Morgan fingerprint density at radius 2 is 2.33 bits per heavy atom. The first-order valence-corrected chi connectivity index (χ1v) is 7.23. The molecule has 1 amide bonds. The van der Waals surface area contributed by atoms with Gasteiger partial charge in [0.15, 0.2) is 0 Å². The number of allylic oxidation sites excluding steroid dienone is 1. The maximum absolute atomic E-state index is 12.7. The van der Waals surface area contributed by atoms with Crippen LogP contribution in [0.15, 0.2) is 12.7 Å². The van der Waals surface area contributed by atoms with E-state index in [1.807, 2.05) is 18.0 Å². The van der Waals surface area contributed by atoms with Crippen LogP contribution in [-0.4, -0.2) is 37.5 Å². The Morgan fingerprint density at radius 3 is 2.89 bits per heavy atom. The van der Waals surface area contributed by atoms with E-state index in [1.54, 1.807) is 0 Å². The molecule has 0 spiro atoms. The molecule has 1 fully saturated rings. The van der Waals surface area contributed by atoms with Crippen LogP contribution in [0.25, 0.3) is 0 Å². The molecule has 3 nitrogen and oxygen atoms in total. The SMILES string of the molecule is C=CCCCN(C)C(=O)C1(CCC)CCCNC1. The molecule has 1 heterocycles. The molecule has 18 heavy (non-hydrogen) atoms. The molecule has 1 aliphatic heterocycles. The summed E-state index contributed by atoms with van der Waals surface area (Å²) in [4.78, 5) is 14.6. The topological polar surface area (TPSA) is 32.3 Å². The van der Waals surface area contributed by atoms with Gasteiger partial charge in [-0.3, -0.25) is 4.79 Å². The molecule has 0 aromatic carbocycles. The van der Waals surface area contributed by atoms with Crippen LogP contribution in [0.1, 0.15) is 45.4 Å². The largest absolute Gasteiger partial charge is 0.345 e. The van der Waals surface area contributed by atoms with Crippen molar-refractivity contribution >= 4 is 5.91 Å². The normalized spacial score (nSPS) is 23.7. The van der Waals surface area contributed by atoms with Gasteiger partial charge in [-0.2, -0.15) is 0 Å². The van der Waals surface area contributed by atoms with Crippen LogP contribution in [0.3, 0.4) is 0 Å². The van der Waals surface area contributed by atoms with Gasteiger partial charge in [0.05, 0.1) is 5.41 Å². The van der Waals surface area contributed by atoms with Crippen molar-refractivity contribution in [2.24, 2.45) is 5.41 Å². The zero-order valence-corrected chi connectivity index (χ0v) is 12.0. The monoisotopic (exact) mass is 252 g/mol. The van der Waals surface area contributed by atoms with Gasteiger partial charge < -0.3 is 10.2 Å². The fourth-order valence-electron chi connectivity index (χ4n) is 2.93. The Bertz CT molecular complexity index is 264. The fraction of sp³-hybridized carbons (Fsp3) is 0.800. The van der Waals surface area contributed by atoms with Crippen molar-refractivity contribution in [2.45, 2.75) is 45.4 Å². The Morgan fingerprint density at radius 1 is 1.56 bits per heavy atom. The predicted molar refractivity (Wildman–Crippen MR) is 76.5 cm³/mol. The molecule has 0 bridgehead atoms. The van der Waals surface area contributed by atoms with E-state index in [4.69, 9.17) is 0 Å². The minimum Gasteiger partial charge on any atom is -0.345 e. The Hall–Kier alpha value is -0.830. The third-order valence-corrected chi connectivity index (χ3v) is 3.90. The average molecular weight is 252 g/mol. The quantitative estimate of drug-likeness (QED) is 0.558. The Kier molecular flexibility index (Phi) is 6.41. The number of rotatable bonds is 7. The second-order valence-corrected chi connectivity index (χ2v) is 5.47. The highest BCUT2D eigenvalue weighted by Gasteiger charge is 2.40. The van der Waals surface area contributed by atoms with Gasteiger partial charge in [0.2, 0.25) is 5.91 Å². The van der Waals surface area contributed by atoms with Crippen molar-refractivity contribution in [3.05, 3.63) is 12.7 Å². The molecule has 1 saturated heterocycles. The van der Waals surface area contributed by atoms with Gasteiger partial charge in [0.25, 0.3) is 0 Å². The van der Waals surface area contributed by atoms with Crippen molar-refractivity contribution in [1.82, 2.24) is 10.2 Å². The molecule has 0 aliphatic carbocycles. The lowest BCUT2D eigenvalue weighted by Gasteiger charge is -2.39. The molecular weight excluding hydrogens is 224 g/mol. The summed E-state index contributed by atoms with van der Waals surface area (Å²) in [6.07, 6.45) is 8.16. The molecule has 1 rings (SSSR count). The summed E-state index contributed by atoms with van der Waals surface area (Å²) in [7, 11) is 1.94. The van der Waals surface area contributed by atoms with Crippen molar-refractivity contribution in [2.75, 3.05) is 26.7 Å². The van der Waals surface area contributed by atoms with Gasteiger partial charge in [-0.05, 0) is 38.6 Å². The fourth-order valence-corrected chi connectivity index (χ4v) is 2.93. The van der Waals surface area contributed by atoms with Crippen LogP contribution in [-0.2, 0) is 4.79 Å². The van der Waals surface area contributed by atoms with E-state index in [-0.39, 0.29) is 5.41 Å². The van der Waals surface area contributed by atoms with Crippen LogP contribution in [0.5, 0.6) is 0 Å². The van der Waals surface area contributed by atoms with E-state index >= 15 is 0 Å². The summed E-state index contributed by atoms with van der Waals surface area (Å²) in [5.74, 6) is 0.334. The van der Waals surface area contributed by atoms with Gasteiger partial charge in [0.1, 0.15) is 0 Å². The number of carbonyl (C=O) groups is 1. The smallest absolute Gasteiger partial charge is 0.229 e. The average Bonchev–Trinajstić information content (AvgIpc) is 2.39. The van der Waals surface area contributed by atoms with Gasteiger partial charge >= 0.3 is 0 Å². The van der Waals surface area contributed by atoms with Crippen LogP contribution in [0, 0.1) is 5.41 Å². The number of nitrogens with one attached hydrogen (secondary N) is 1. The second-order valence-electron chi connectivity index (χ2n) is 5.47. The maximum Gasteiger partial charge on any atom is 0.229 e. The molecule has 1 atom stereocenters. The maximum atomic E-state index is 12.7. The molecule has 0 aromatic heterocycles. The number of hydrogen-bond donors (Lipinski definition) is 1.